The lowest BCUT2D eigenvalue weighted by atomic mass is 10.1. The molecule has 0 unspecified atom stereocenters. The molecule has 7 heteroatoms. The summed E-state index contributed by atoms with van der Waals surface area (Å²) in [4.78, 5) is 7.61. The average molecular weight is 361 g/mol. The van der Waals surface area contributed by atoms with Crippen LogP contribution in [0.2, 0.25) is 0 Å². The highest BCUT2D eigenvalue weighted by atomic mass is 32.2. The number of aromatic amines is 1. The molecule has 2 aromatic heterocycles. The molecule has 0 amide bonds. The molecule has 0 radical (unpaired) electrons. The van der Waals surface area contributed by atoms with Crippen molar-refractivity contribution in [2.75, 3.05) is 13.4 Å². The van der Waals surface area contributed by atoms with Gasteiger partial charge in [-0.25, -0.2) is 4.98 Å². The van der Waals surface area contributed by atoms with Gasteiger partial charge >= 0.3 is 0 Å². The van der Waals surface area contributed by atoms with E-state index in [1.165, 1.54) is 0 Å². The molecule has 0 spiro atoms. The van der Waals surface area contributed by atoms with Gasteiger partial charge < -0.3 is 14.9 Å². The highest BCUT2D eigenvalue weighted by molar-refractivity contribution is 8.01. The monoisotopic (exact) mass is 361 g/mol. The minimum atomic E-state index is -2.88. The largest absolute Gasteiger partial charge is 0.618 e. The van der Waals surface area contributed by atoms with Crippen molar-refractivity contribution in [2.45, 2.75) is 31.7 Å². The first kappa shape index (κ1) is 17.4. The lowest BCUT2D eigenvalue weighted by Gasteiger charge is -2.18. The quantitative estimate of drug-likeness (QED) is 0.424. The van der Waals surface area contributed by atoms with Crippen LogP contribution in [0.4, 0.5) is 0 Å². The number of nitrogens with zero attached hydrogens (tertiary/aromatic N) is 2. The summed E-state index contributed by atoms with van der Waals surface area (Å²) in [6, 6.07) is 5.47. The van der Waals surface area contributed by atoms with Crippen LogP contribution in [0.25, 0.3) is 11.0 Å². The van der Waals surface area contributed by atoms with Crippen LogP contribution in [0.3, 0.4) is 0 Å². The molecule has 0 fully saturated rings. The number of methoxy groups -OCH3 is 1. The fraction of sp³-hybridized carbons (Fsp3) is 0.333. The van der Waals surface area contributed by atoms with Gasteiger partial charge in [0.05, 0.1) is 23.9 Å². The van der Waals surface area contributed by atoms with Gasteiger partial charge in [-0.3, -0.25) is 4.21 Å². The molecule has 0 aliphatic carbocycles. The van der Waals surface area contributed by atoms with E-state index < -0.39 is 9.93 Å². The first-order valence-electron chi connectivity index (χ1n) is 8.02. The van der Waals surface area contributed by atoms with Crippen molar-refractivity contribution in [3.63, 3.8) is 0 Å². The predicted molar refractivity (Wildman–Crippen MR) is 99.7 cm³/mol. The van der Waals surface area contributed by atoms with Gasteiger partial charge in [-0.15, -0.1) is 0 Å². The van der Waals surface area contributed by atoms with Gasteiger partial charge in [0, 0.05) is 17.2 Å². The van der Waals surface area contributed by atoms with Crippen molar-refractivity contribution in [3.05, 3.63) is 52.0 Å². The molecule has 3 rings (SSSR count). The zero-order valence-corrected chi connectivity index (χ0v) is 16.0. The van der Waals surface area contributed by atoms with Gasteiger partial charge in [0.15, 0.2) is 11.4 Å². The molecular weight excluding hydrogens is 338 g/mol. The minimum absolute atomic E-state index is 0.167. The standard InChI is InChI=1S/C18H23N3O3S/c1-11-9-21(22)17(13(3)12(11)2)10-25(5,23)18-19-15-7-6-14(24-4)8-16(15)20-18/h6-9,25H,10H2,1-5H3,(H,19,20). The van der Waals surface area contributed by atoms with Crippen molar-refractivity contribution in [1.82, 2.24) is 9.97 Å². The topological polar surface area (TPSA) is 81.9 Å². The van der Waals surface area contributed by atoms with E-state index in [0.717, 1.165) is 26.9 Å². The number of fused-ring (bicyclic) bond motifs is 1. The number of pyridine rings is 1. The van der Waals surface area contributed by atoms with E-state index in [4.69, 9.17) is 4.74 Å². The molecule has 0 aliphatic heterocycles. The van der Waals surface area contributed by atoms with Crippen LogP contribution < -0.4 is 9.47 Å². The van der Waals surface area contributed by atoms with Gasteiger partial charge in [-0.1, -0.05) is 0 Å². The molecule has 0 saturated heterocycles. The molecular formula is C18H23N3O3S. The third kappa shape index (κ3) is 3.11. The van der Waals surface area contributed by atoms with Crippen molar-refractivity contribution >= 4 is 21.0 Å². The molecule has 0 saturated carbocycles. The molecule has 0 atom stereocenters. The summed E-state index contributed by atoms with van der Waals surface area (Å²) in [5, 5.41) is 12.8. The van der Waals surface area contributed by atoms with Gasteiger partial charge in [-0.05, 0) is 54.7 Å². The number of aromatic nitrogens is 3. The third-order valence-corrected chi connectivity index (χ3v) is 6.75. The Morgan fingerprint density at radius 3 is 2.68 bits per heavy atom. The number of ether oxygens (including phenoxy) is 1. The summed E-state index contributed by atoms with van der Waals surface area (Å²) in [7, 11) is -1.29. The number of hydrogen-bond acceptors (Lipinski definition) is 4. The fourth-order valence-corrected chi connectivity index (χ4v) is 4.67. The van der Waals surface area contributed by atoms with Crippen LogP contribution in [-0.4, -0.2) is 27.5 Å². The van der Waals surface area contributed by atoms with E-state index >= 15 is 0 Å². The number of imidazole rings is 1. The van der Waals surface area contributed by atoms with Crippen molar-refractivity contribution < 1.29 is 13.7 Å². The van der Waals surface area contributed by atoms with E-state index in [0.29, 0.717) is 22.1 Å². The van der Waals surface area contributed by atoms with Crippen molar-refractivity contribution in [1.29, 1.82) is 0 Å². The van der Waals surface area contributed by atoms with Crippen LogP contribution in [0.5, 0.6) is 5.75 Å². The summed E-state index contributed by atoms with van der Waals surface area (Å²) >= 11 is 0. The lowest BCUT2D eigenvalue weighted by Crippen LogP contribution is -2.36. The number of hydrogen-bond donors (Lipinski definition) is 2. The molecule has 2 heterocycles. The van der Waals surface area contributed by atoms with Crippen LogP contribution in [0.1, 0.15) is 22.4 Å². The normalized spacial score (nSPS) is 12.5. The third-order valence-electron chi connectivity index (χ3n) is 4.74. The van der Waals surface area contributed by atoms with Crippen LogP contribution in [0.15, 0.2) is 29.6 Å². The molecule has 0 aliphatic rings. The number of thiol groups is 1. The maximum Gasteiger partial charge on any atom is 0.206 e. The second-order valence-corrected chi connectivity index (χ2v) is 9.48. The molecule has 134 valence electrons. The molecule has 1 aromatic carbocycles. The Hall–Kier alpha value is -2.41. The number of aryl methyl sites for hydroxylation is 1. The lowest BCUT2D eigenvalue weighted by molar-refractivity contribution is -0.613. The van der Waals surface area contributed by atoms with Crippen molar-refractivity contribution in [3.8, 4) is 5.75 Å². The van der Waals surface area contributed by atoms with Gasteiger partial charge in [0.2, 0.25) is 5.69 Å². The number of benzene rings is 1. The summed E-state index contributed by atoms with van der Waals surface area (Å²) in [6.45, 7) is 5.77. The highest BCUT2D eigenvalue weighted by Crippen LogP contribution is 2.25. The molecule has 0 bridgehead atoms. The Bertz CT molecular complexity index is 1010. The maximum atomic E-state index is 13.3. The first-order chi connectivity index (χ1) is 11.7. The number of rotatable bonds is 4. The molecule has 1 N–H and O–H groups in total. The second kappa shape index (κ2) is 6.15. The van der Waals surface area contributed by atoms with E-state index in [2.05, 4.69) is 9.97 Å². The predicted octanol–water partition coefficient (Wildman–Crippen LogP) is 2.34. The van der Waals surface area contributed by atoms with Crippen molar-refractivity contribution in [2.24, 2.45) is 0 Å². The average Bonchev–Trinajstić information content (AvgIpc) is 3.01. The highest BCUT2D eigenvalue weighted by Gasteiger charge is 2.24. The smallest absolute Gasteiger partial charge is 0.206 e. The Morgan fingerprint density at radius 2 is 2.00 bits per heavy atom. The molecule has 3 aromatic rings. The summed E-state index contributed by atoms with van der Waals surface area (Å²) < 4.78 is 19.4. The van der Waals surface area contributed by atoms with Gasteiger partial charge in [0.1, 0.15) is 5.75 Å². The number of nitrogens with one attached hydrogen (secondary N) is 1. The van der Waals surface area contributed by atoms with Gasteiger partial charge in [-0.2, -0.15) is 4.73 Å². The first-order valence-corrected chi connectivity index (χ1v) is 10.4. The van der Waals surface area contributed by atoms with E-state index in [9.17, 15) is 9.42 Å². The Balaban J connectivity index is 2.03. The molecule has 25 heavy (non-hydrogen) atoms. The zero-order chi connectivity index (χ0) is 18.4. The summed E-state index contributed by atoms with van der Waals surface area (Å²) in [5.41, 5.74) is 4.89. The second-order valence-electron chi connectivity index (χ2n) is 6.54. The Morgan fingerprint density at radius 1 is 1.28 bits per heavy atom. The summed E-state index contributed by atoms with van der Waals surface area (Å²) in [5.74, 6) is 0.860. The Labute approximate surface area is 147 Å². The number of H-pyrrole nitrogens is 1. The fourth-order valence-electron chi connectivity index (χ4n) is 2.90. The SMILES string of the molecule is COc1ccc2[nH]c([SH](C)(=O)Cc3c(C)c(C)c(C)c[n+]3[O-])nc2c1. The van der Waals surface area contributed by atoms with E-state index in [1.807, 2.05) is 32.9 Å². The minimum Gasteiger partial charge on any atom is -0.618 e. The van der Waals surface area contributed by atoms with Crippen LogP contribution >= 0.6 is 0 Å². The van der Waals surface area contributed by atoms with Gasteiger partial charge in [0.25, 0.3) is 0 Å². The van der Waals surface area contributed by atoms with Crippen LogP contribution in [-0.2, 0) is 15.7 Å². The molecule has 6 nitrogen and oxygen atoms in total. The Kier molecular flexibility index (Phi) is 4.28. The van der Waals surface area contributed by atoms with E-state index in [1.54, 1.807) is 25.6 Å². The zero-order valence-electron chi connectivity index (χ0n) is 15.1. The summed E-state index contributed by atoms with van der Waals surface area (Å²) in [6.07, 6.45) is 3.21. The maximum absolute atomic E-state index is 13.3. The van der Waals surface area contributed by atoms with Crippen LogP contribution in [0, 0.1) is 26.0 Å². The van der Waals surface area contributed by atoms with E-state index in [-0.39, 0.29) is 5.75 Å².